The highest BCUT2D eigenvalue weighted by atomic mass is 16.5. The number of pyridine rings is 1. The Morgan fingerprint density at radius 1 is 1.18 bits per heavy atom. The molecule has 0 aliphatic heterocycles. The standard InChI is InChI=1S/C27H34N4O2/c1-7-23-21-14-27(4,5)11-10-20(21)22(15-29-23)26-30-25(31-33-26)18-12-16(2)19(17(3)13-18)8-9-24(32)28-6/h12-13,15H,7-11,14H2,1-6H3,(H,28,32). The highest BCUT2D eigenvalue weighted by molar-refractivity contribution is 5.76. The lowest BCUT2D eigenvalue weighted by Crippen LogP contribution is -2.24. The summed E-state index contributed by atoms with van der Waals surface area (Å²) >= 11 is 0. The maximum Gasteiger partial charge on any atom is 0.260 e. The first kappa shape index (κ1) is 23.1. The third-order valence-electron chi connectivity index (χ3n) is 6.92. The van der Waals surface area contributed by atoms with Gasteiger partial charge in [-0.2, -0.15) is 4.98 Å². The van der Waals surface area contributed by atoms with Gasteiger partial charge in [0.05, 0.1) is 5.56 Å². The number of benzene rings is 1. The quantitative estimate of drug-likeness (QED) is 0.565. The molecule has 174 valence electrons. The Bertz CT molecular complexity index is 1170. The molecular weight excluding hydrogens is 412 g/mol. The van der Waals surface area contributed by atoms with Crippen molar-refractivity contribution >= 4 is 5.91 Å². The number of nitrogens with one attached hydrogen (secondary N) is 1. The van der Waals surface area contributed by atoms with Crippen LogP contribution in [-0.2, 0) is 30.5 Å². The van der Waals surface area contributed by atoms with Crippen LogP contribution in [-0.4, -0.2) is 28.1 Å². The molecule has 1 aliphatic carbocycles. The predicted molar refractivity (Wildman–Crippen MR) is 130 cm³/mol. The summed E-state index contributed by atoms with van der Waals surface area (Å²) in [6, 6.07) is 4.16. The summed E-state index contributed by atoms with van der Waals surface area (Å²) in [6.45, 7) is 11.0. The molecule has 1 amide bonds. The van der Waals surface area contributed by atoms with Crippen LogP contribution in [0.5, 0.6) is 0 Å². The van der Waals surface area contributed by atoms with E-state index in [0.717, 1.165) is 47.9 Å². The molecule has 2 aromatic heterocycles. The van der Waals surface area contributed by atoms with E-state index in [1.54, 1.807) is 7.05 Å². The zero-order valence-electron chi connectivity index (χ0n) is 20.6. The molecule has 1 aliphatic rings. The van der Waals surface area contributed by atoms with Gasteiger partial charge >= 0.3 is 0 Å². The number of aryl methyl sites for hydroxylation is 3. The van der Waals surface area contributed by atoms with Crippen molar-refractivity contribution in [3.05, 3.63) is 51.8 Å². The first-order chi connectivity index (χ1) is 15.7. The van der Waals surface area contributed by atoms with Crippen LogP contribution in [0.25, 0.3) is 22.8 Å². The Labute approximate surface area is 196 Å². The Morgan fingerprint density at radius 3 is 2.58 bits per heavy atom. The van der Waals surface area contributed by atoms with E-state index in [1.165, 1.54) is 22.4 Å². The molecule has 4 rings (SSSR count). The third kappa shape index (κ3) is 4.70. The smallest absolute Gasteiger partial charge is 0.260 e. The number of aromatic nitrogens is 3. The summed E-state index contributed by atoms with van der Waals surface area (Å²) in [4.78, 5) is 21.2. The summed E-state index contributed by atoms with van der Waals surface area (Å²) in [5, 5.41) is 6.99. The molecule has 2 heterocycles. The lowest BCUT2D eigenvalue weighted by atomic mass is 9.73. The van der Waals surface area contributed by atoms with Gasteiger partial charge in [0.25, 0.3) is 5.89 Å². The van der Waals surface area contributed by atoms with Gasteiger partial charge in [0.15, 0.2) is 0 Å². The highest BCUT2D eigenvalue weighted by Crippen LogP contribution is 2.40. The van der Waals surface area contributed by atoms with E-state index in [2.05, 4.69) is 57.2 Å². The fourth-order valence-corrected chi connectivity index (χ4v) is 4.98. The number of hydrogen-bond acceptors (Lipinski definition) is 5. The van der Waals surface area contributed by atoms with E-state index in [0.29, 0.717) is 24.6 Å². The average molecular weight is 447 g/mol. The second-order valence-electron chi connectivity index (χ2n) is 9.96. The molecule has 1 aromatic carbocycles. The van der Waals surface area contributed by atoms with Crippen LogP contribution < -0.4 is 5.32 Å². The van der Waals surface area contributed by atoms with Crippen molar-refractivity contribution in [2.24, 2.45) is 5.41 Å². The summed E-state index contributed by atoms with van der Waals surface area (Å²) in [5.41, 5.74) is 9.49. The molecule has 0 bridgehead atoms. The summed E-state index contributed by atoms with van der Waals surface area (Å²) < 4.78 is 5.75. The predicted octanol–water partition coefficient (Wildman–Crippen LogP) is 5.17. The Balaban J connectivity index is 1.66. The number of carbonyl (C=O) groups excluding carboxylic acids is 1. The number of fused-ring (bicyclic) bond motifs is 1. The summed E-state index contributed by atoms with van der Waals surface area (Å²) in [6.07, 6.45) is 7.20. The first-order valence-electron chi connectivity index (χ1n) is 11.9. The molecule has 1 N–H and O–H groups in total. The van der Waals surface area contributed by atoms with Gasteiger partial charge in [-0.25, -0.2) is 0 Å². The van der Waals surface area contributed by atoms with Crippen LogP contribution in [0.2, 0.25) is 0 Å². The molecule has 0 fully saturated rings. The van der Waals surface area contributed by atoms with E-state index in [1.807, 2.05) is 6.20 Å². The minimum Gasteiger partial charge on any atom is -0.359 e. The molecule has 3 aromatic rings. The average Bonchev–Trinajstić information content (AvgIpc) is 3.26. The Hall–Kier alpha value is -3.02. The van der Waals surface area contributed by atoms with Gasteiger partial charge in [-0.3, -0.25) is 9.78 Å². The van der Waals surface area contributed by atoms with E-state index in [9.17, 15) is 4.79 Å². The van der Waals surface area contributed by atoms with Crippen molar-refractivity contribution < 1.29 is 9.32 Å². The fraction of sp³-hybridized carbons (Fsp3) is 0.481. The van der Waals surface area contributed by atoms with Crippen LogP contribution in [0.3, 0.4) is 0 Å². The van der Waals surface area contributed by atoms with Crippen molar-refractivity contribution in [2.45, 2.75) is 73.1 Å². The number of nitrogens with zero attached hydrogens (tertiary/aromatic N) is 3. The largest absolute Gasteiger partial charge is 0.359 e. The van der Waals surface area contributed by atoms with Crippen molar-refractivity contribution in [3.8, 4) is 22.8 Å². The van der Waals surface area contributed by atoms with Crippen LogP contribution in [0.1, 0.15) is 67.1 Å². The molecule has 0 atom stereocenters. The maximum atomic E-state index is 11.7. The highest BCUT2D eigenvalue weighted by Gasteiger charge is 2.30. The van der Waals surface area contributed by atoms with E-state index in [4.69, 9.17) is 14.5 Å². The molecule has 0 saturated heterocycles. The monoisotopic (exact) mass is 446 g/mol. The molecule has 0 saturated carbocycles. The van der Waals surface area contributed by atoms with Crippen molar-refractivity contribution in [2.75, 3.05) is 7.05 Å². The van der Waals surface area contributed by atoms with Gasteiger partial charge in [-0.1, -0.05) is 25.9 Å². The number of amides is 1. The maximum absolute atomic E-state index is 11.7. The van der Waals surface area contributed by atoms with Crippen molar-refractivity contribution in [3.63, 3.8) is 0 Å². The van der Waals surface area contributed by atoms with Crippen LogP contribution >= 0.6 is 0 Å². The molecule has 6 nitrogen and oxygen atoms in total. The van der Waals surface area contributed by atoms with Gasteiger partial charge in [0, 0.05) is 30.9 Å². The fourth-order valence-electron chi connectivity index (χ4n) is 4.98. The van der Waals surface area contributed by atoms with Crippen LogP contribution in [0.4, 0.5) is 0 Å². The summed E-state index contributed by atoms with van der Waals surface area (Å²) in [5.74, 6) is 1.17. The van der Waals surface area contributed by atoms with E-state index >= 15 is 0 Å². The number of carbonyl (C=O) groups is 1. The van der Waals surface area contributed by atoms with Crippen LogP contribution in [0, 0.1) is 19.3 Å². The van der Waals surface area contributed by atoms with E-state index in [-0.39, 0.29) is 11.3 Å². The van der Waals surface area contributed by atoms with Crippen LogP contribution in [0.15, 0.2) is 22.9 Å². The van der Waals surface area contributed by atoms with Gasteiger partial charge in [-0.15, -0.1) is 0 Å². The van der Waals surface area contributed by atoms with Gasteiger partial charge in [0.2, 0.25) is 11.7 Å². The third-order valence-corrected chi connectivity index (χ3v) is 6.92. The molecule has 0 unspecified atom stereocenters. The lowest BCUT2D eigenvalue weighted by molar-refractivity contribution is -0.120. The SMILES string of the molecule is CCc1ncc(-c2nc(-c3cc(C)c(CCC(=O)NC)c(C)c3)no2)c2c1CC(C)(C)CC2. The first-order valence-corrected chi connectivity index (χ1v) is 11.9. The second-order valence-corrected chi connectivity index (χ2v) is 9.96. The Kier molecular flexibility index (Phi) is 6.37. The molecule has 0 spiro atoms. The Morgan fingerprint density at radius 2 is 1.91 bits per heavy atom. The van der Waals surface area contributed by atoms with Crippen molar-refractivity contribution in [1.82, 2.24) is 20.4 Å². The minimum absolute atomic E-state index is 0.0510. The molecule has 33 heavy (non-hydrogen) atoms. The number of rotatable bonds is 6. The van der Waals surface area contributed by atoms with E-state index < -0.39 is 0 Å². The normalized spacial score (nSPS) is 14.7. The zero-order valence-corrected chi connectivity index (χ0v) is 20.6. The number of hydrogen-bond donors (Lipinski definition) is 1. The lowest BCUT2D eigenvalue weighted by Gasteiger charge is -2.33. The van der Waals surface area contributed by atoms with Crippen molar-refractivity contribution in [1.29, 1.82) is 0 Å². The minimum atomic E-state index is 0.0510. The van der Waals surface area contributed by atoms with Gasteiger partial charge in [0.1, 0.15) is 0 Å². The molecular formula is C27H34N4O2. The second kappa shape index (κ2) is 9.08. The topological polar surface area (TPSA) is 80.9 Å². The summed E-state index contributed by atoms with van der Waals surface area (Å²) in [7, 11) is 1.67. The van der Waals surface area contributed by atoms with Gasteiger partial charge < -0.3 is 9.84 Å². The molecule has 6 heteroatoms. The van der Waals surface area contributed by atoms with Gasteiger partial charge in [-0.05, 0) is 91.3 Å². The molecule has 0 radical (unpaired) electrons. The zero-order chi connectivity index (χ0) is 23.8.